The van der Waals surface area contributed by atoms with E-state index in [1.54, 1.807) is 6.20 Å². The Kier molecular flexibility index (Phi) is 2.55. The molecule has 0 aliphatic heterocycles. The predicted octanol–water partition coefficient (Wildman–Crippen LogP) is 1.67. The minimum absolute atomic E-state index is 0.351. The van der Waals surface area contributed by atoms with Gasteiger partial charge in [0.05, 0.1) is 5.69 Å². The number of hydrogen-bond acceptors (Lipinski definition) is 3. The van der Waals surface area contributed by atoms with E-state index in [-0.39, 0.29) is 0 Å². The second-order valence-electron chi connectivity index (χ2n) is 1.97. The quantitative estimate of drug-likeness (QED) is 0.711. The Hall–Kier alpha value is -0.950. The number of rotatable bonds is 1. The highest BCUT2D eigenvalue weighted by Gasteiger charge is 2.01. The first kappa shape index (κ1) is 8.15. The van der Waals surface area contributed by atoms with E-state index >= 15 is 0 Å². The summed E-state index contributed by atoms with van der Waals surface area (Å²) in [6.07, 6.45) is 2.46. The van der Waals surface area contributed by atoms with E-state index in [9.17, 15) is 0 Å². The van der Waals surface area contributed by atoms with Gasteiger partial charge < -0.3 is 0 Å². The van der Waals surface area contributed by atoms with E-state index in [0.29, 0.717) is 10.3 Å². The topological polar surface area (TPSA) is 49.6 Å². The second-order valence-corrected chi connectivity index (χ2v) is 2.72. The van der Waals surface area contributed by atoms with Gasteiger partial charge in [-0.1, -0.05) is 6.92 Å². The molecule has 11 heavy (non-hydrogen) atoms. The zero-order chi connectivity index (χ0) is 8.27. The Morgan fingerprint density at radius 2 is 2.45 bits per heavy atom. The average molecular weight is 212 g/mol. The van der Waals surface area contributed by atoms with E-state index in [0.717, 1.165) is 12.1 Å². The third kappa shape index (κ3) is 1.75. The lowest BCUT2D eigenvalue weighted by Gasteiger charge is -1.95. The monoisotopic (exact) mass is 211 g/mol. The van der Waals surface area contributed by atoms with Crippen molar-refractivity contribution in [3.63, 3.8) is 0 Å². The molecule has 0 unspecified atom stereocenters. The van der Waals surface area contributed by atoms with Crippen LogP contribution in [0.5, 0.6) is 0 Å². The highest BCUT2D eigenvalue weighted by molar-refractivity contribution is 9.10. The van der Waals surface area contributed by atoms with Gasteiger partial charge in [-0.25, -0.2) is 9.97 Å². The van der Waals surface area contributed by atoms with Crippen molar-refractivity contribution in [1.29, 1.82) is 5.26 Å². The Bertz CT molecular complexity index is 303. The van der Waals surface area contributed by atoms with Crippen LogP contribution in [0.25, 0.3) is 0 Å². The summed E-state index contributed by atoms with van der Waals surface area (Å²) in [6, 6.07) is 1.95. The van der Waals surface area contributed by atoms with Crippen LogP contribution in [0, 0.1) is 11.3 Å². The van der Waals surface area contributed by atoms with E-state index in [1.165, 1.54) is 0 Å². The summed E-state index contributed by atoms with van der Waals surface area (Å²) in [7, 11) is 0. The van der Waals surface area contributed by atoms with E-state index < -0.39 is 0 Å². The molecule has 0 radical (unpaired) electrons. The van der Waals surface area contributed by atoms with Gasteiger partial charge in [-0.15, -0.1) is 0 Å². The average Bonchev–Trinajstić information content (AvgIpc) is 2.05. The molecular weight excluding hydrogens is 206 g/mol. The fourth-order valence-electron chi connectivity index (χ4n) is 0.652. The van der Waals surface area contributed by atoms with Crippen LogP contribution in [0.15, 0.2) is 10.8 Å². The van der Waals surface area contributed by atoms with Crippen molar-refractivity contribution >= 4 is 15.9 Å². The predicted molar refractivity (Wildman–Crippen MR) is 43.8 cm³/mol. The number of aryl methyl sites for hydroxylation is 1. The van der Waals surface area contributed by atoms with Crippen LogP contribution < -0.4 is 0 Å². The summed E-state index contributed by atoms with van der Waals surface area (Å²) in [5.41, 5.74) is 1.19. The molecular formula is C7H6BrN3. The minimum Gasteiger partial charge on any atom is -0.244 e. The molecule has 0 aliphatic rings. The molecule has 0 atom stereocenters. The van der Waals surface area contributed by atoms with Crippen molar-refractivity contribution in [3.8, 4) is 6.07 Å². The van der Waals surface area contributed by atoms with Crippen molar-refractivity contribution in [2.24, 2.45) is 0 Å². The number of nitriles is 1. The summed E-state index contributed by atoms with van der Waals surface area (Å²) < 4.78 is 0.511. The molecule has 0 saturated heterocycles. The molecule has 0 spiro atoms. The summed E-state index contributed by atoms with van der Waals surface area (Å²) in [6.45, 7) is 1.97. The molecule has 0 N–H and O–H groups in total. The van der Waals surface area contributed by atoms with Gasteiger partial charge in [-0.2, -0.15) is 5.26 Å². The Morgan fingerprint density at radius 1 is 1.73 bits per heavy atom. The summed E-state index contributed by atoms with van der Waals surface area (Å²) >= 11 is 3.12. The molecule has 1 aromatic heterocycles. The smallest absolute Gasteiger partial charge is 0.173 e. The van der Waals surface area contributed by atoms with Crippen LogP contribution in [0.3, 0.4) is 0 Å². The summed E-state index contributed by atoms with van der Waals surface area (Å²) in [4.78, 5) is 7.99. The molecule has 0 aliphatic carbocycles. The SMILES string of the molecule is CCc1cnc(Br)c(C#N)n1. The van der Waals surface area contributed by atoms with Crippen LogP contribution in [0.4, 0.5) is 0 Å². The Morgan fingerprint density at radius 3 is 3.00 bits per heavy atom. The van der Waals surface area contributed by atoms with Crippen LogP contribution in [-0.2, 0) is 6.42 Å². The molecule has 0 fully saturated rings. The van der Waals surface area contributed by atoms with Crippen molar-refractivity contribution in [3.05, 3.63) is 22.2 Å². The van der Waals surface area contributed by atoms with Crippen molar-refractivity contribution in [1.82, 2.24) is 9.97 Å². The number of aromatic nitrogens is 2. The maximum atomic E-state index is 8.56. The first-order chi connectivity index (χ1) is 5.27. The molecule has 0 aromatic carbocycles. The summed E-state index contributed by atoms with van der Waals surface area (Å²) in [5.74, 6) is 0. The number of hydrogen-bond donors (Lipinski definition) is 0. The van der Waals surface area contributed by atoms with Gasteiger partial charge in [0.2, 0.25) is 0 Å². The van der Waals surface area contributed by atoms with Gasteiger partial charge in [0, 0.05) is 6.20 Å². The van der Waals surface area contributed by atoms with Gasteiger partial charge >= 0.3 is 0 Å². The fourth-order valence-corrected chi connectivity index (χ4v) is 0.932. The number of halogens is 1. The molecule has 3 nitrogen and oxygen atoms in total. The van der Waals surface area contributed by atoms with Crippen LogP contribution >= 0.6 is 15.9 Å². The fraction of sp³-hybridized carbons (Fsp3) is 0.286. The summed E-state index contributed by atoms with van der Waals surface area (Å²) in [5, 5.41) is 8.56. The largest absolute Gasteiger partial charge is 0.244 e. The lowest BCUT2D eigenvalue weighted by Crippen LogP contribution is -1.94. The molecule has 1 rings (SSSR count). The second kappa shape index (κ2) is 3.44. The third-order valence-electron chi connectivity index (χ3n) is 1.25. The van der Waals surface area contributed by atoms with Crippen molar-refractivity contribution in [2.75, 3.05) is 0 Å². The van der Waals surface area contributed by atoms with E-state index in [4.69, 9.17) is 5.26 Å². The van der Waals surface area contributed by atoms with Gasteiger partial charge in [0.1, 0.15) is 10.7 Å². The van der Waals surface area contributed by atoms with Crippen molar-refractivity contribution < 1.29 is 0 Å². The van der Waals surface area contributed by atoms with Crippen LogP contribution in [0.1, 0.15) is 18.3 Å². The molecule has 0 bridgehead atoms. The molecule has 56 valence electrons. The number of nitrogens with zero attached hydrogens (tertiary/aromatic N) is 3. The Balaban J connectivity index is 3.15. The first-order valence-corrected chi connectivity index (χ1v) is 3.98. The molecule has 1 heterocycles. The lowest BCUT2D eigenvalue weighted by atomic mass is 10.3. The highest BCUT2D eigenvalue weighted by atomic mass is 79.9. The minimum atomic E-state index is 0.351. The first-order valence-electron chi connectivity index (χ1n) is 3.19. The molecule has 4 heteroatoms. The molecule has 0 amide bonds. The van der Waals surface area contributed by atoms with Crippen molar-refractivity contribution in [2.45, 2.75) is 13.3 Å². The lowest BCUT2D eigenvalue weighted by molar-refractivity contribution is 0.974. The zero-order valence-corrected chi connectivity index (χ0v) is 7.59. The van der Waals surface area contributed by atoms with Gasteiger partial charge in [-0.05, 0) is 22.4 Å². The van der Waals surface area contributed by atoms with Gasteiger partial charge in [-0.3, -0.25) is 0 Å². The van der Waals surface area contributed by atoms with Gasteiger partial charge in [0.15, 0.2) is 5.69 Å². The molecule has 1 aromatic rings. The maximum absolute atomic E-state index is 8.56. The highest BCUT2D eigenvalue weighted by Crippen LogP contribution is 2.09. The Labute approximate surface area is 73.2 Å². The molecule has 0 saturated carbocycles. The maximum Gasteiger partial charge on any atom is 0.173 e. The standard InChI is InChI=1S/C7H6BrN3/c1-2-5-4-10-7(8)6(3-9)11-5/h4H,2H2,1H3. The van der Waals surface area contributed by atoms with Crippen LogP contribution in [-0.4, -0.2) is 9.97 Å². The normalized spacial score (nSPS) is 9.18. The van der Waals surface area contributed by atoms with Crippen LogP contribution in [0.2, 0.25) is 0 Å². The third-order valence-corrected chi connectivity index (χ3v) is 1.83. The zero-order valence-electron chi connectivity index (χ0n) is 6.00. The van der Waals surface area contributed by atoms with E-state index in [2.05, 4.69) is 25.9 Å². The van der Waals surface area contributed by atoms with E-state index in [1.807, 2.05) is 13.0 Å². The van der Waals surface area contributed by atoms with Gasteiger partial charge in [0.25, 0.3) is 0 Å².